The van der Waals surface area contributed by atoms with E-state index in [2.05, 4.69) is 5.32 Å². The first kappa shape index (κ1) is 17.0. The summed E-state index contributed by atoms with van der Waals surface area (Å²) in [5.41, 5.74) is 0.115. The normalized spacial score (nSPS) is 12.9. The molecule has 0 spiro atoms. The molecule has 27 heavy (non-hydrogen) atoms. The van der Waals surface area contributed by atoms with Crippen LogP contribution in [0.1, 0.15) is 16.1 Å². The SMILES string of the molecule is O=C(Nc1ccc2c(c1)OCO2)c1cc(-c2ccccc2)oc1C(F)(F)F. The third-order valence-corrected chi connectivity index (χ3v) is 3.92. The number of fused-ring (bicyclic) bond motifs is 1. The van der Waals surface area contributed by atoms with Gasteiger partial charge in [0.15, 0.2) is 11.5 Å². The first-order valence-electron chi connectivity index (χ1n) is 7.89. The third kappa shape index (κ3) is 3.33. The summed E-state index contributed by atoms with van der Waals surface area (Å²) in [4.78, 5) is 12.5. The molecule has 1 aromatic heterocycles. The van der Waals surface area contributed by atoms with Crippen LogP contribution in [0.15, 0.2) is 59.0 Å². The molecule has 0 bridgehead atoms. The van der Waals surface area contributed by atoms with Gasteiger partial charge in [0.1, 0.15) is 5.76 Å². The number of amides is 1. The second kappa shape index (κ2) is 6.39. The van der Waals surface area contributed by atoms with Gasteiger partial charge in [0.25, 0.3) is 5.91 Å². The number of halogens is 3. The lowest BCUT2D eigenvalue weighted by atomic mass is 10.1. The molecule has 0 saturated carbocycles. The van der Waals surface area contributed by atoms with Crippen molar-refractivity contribution < 1.29 is 31.9 Å². The highest BCUT2D eigenvalue weighted by atomic mass is 19.4. The fraction of sp³-hybridized carbons (Fsp3) is 0.105. The summed E-state index contributed by atoms with van der Waals surface area (Å²) in [6.07, 6.45) is -4.81. The molecule has 3 aromatic rings. The lowest BCUT2D eigenvalue weighted by molar-refractivity contribution is -0.153. The van der Waals surface area contributed by atoms with Gasteiger partial charge in [-0.3, -0.25) is 4.79 Å². The maximum Gasteiger partial charge on any atom is 0.450 e. The Hall–Kier alpha value is -3.42. The number of anilines is 1. The summed E-state index contributed by atoms with van der Waals surface area (Å²) in [6.45, 7) is 0.0487. The molecule has 0 fully saturated rings. The average Bonchev–Trinajstić information content (AvgIpc) is 3.29. The molecule has 4 rings (SSSR count). The van der Waals surface area contributed by atoms with Gasteiger partial charge in [-0.1, -0.05) is 30.3 Å². The topological polar surface area (TPSA) is 60.7 Å². The first-order valence-corrected chi connectivity index (χ1v) is 7.89. The van der Waals surface area contributed by atoms with Crippen LogP contribution < -0.4 is 14.8 Å². The lowest BCUT2D eigenvalue weighted by Crippen LogP contribution is -2.16. The Morgan fingerprint density at radius 2 is 1.70 bits per heavy atom. The predicted octanol–water partition coefficient (Wildman–Crippen LogP) is 4.95. The molecule has 0 atom stereocenters. The maximum atomic E-state index is 13.3. The van der Waals surface area contributed by atoms with Crippen LogP contribution in [0.4, 0.5) is 18.9 Å². The van der Waals surface area contributed by atoms with Crippen LogP contribution in [0.5, 0.6) is 11.5 Å². The van der Waals surface area contributed by atoms with E-state index in [9.17, 15) is 18.0 Å². The van der Waals surface area contributed by atoms with Gasteiger partial charge in [0.05, 0.1) is 5.56 Å². The third-order valence-electron chi connectivity index (χ3n) is 3.92. The Morgan fingerprint density at radius 1 is 0.963 bits per heavy atom. The van der Waals surface area contributed by atoms with Crippen molar-refractivity contribution in [3.05, 3.63) is 65.9 Å². The second-order valence-electron chi connectivity index (χ2n) is 5.74. The molecular weight excluding hydrogens is 363 g/mol. The molecule has 0 radical (unpaired) electrons. The molecule has 5 nitrogen and oxygen atoms in total. The molecule has 0 aliphatic carbocycles. The van der Waals surface area contributed by atoms with Gasteiger partial charge in [0, 0.05) is 17.3 Å². The number of nitrogens with one attached hydrogen (secondary N) is 1. The number of carbonyl (C=O) groups excluding carboxylic acids is 1. The number of rotatable bonds is 3. The number of furan rings is 1. The van der Waals surface area contributed by atoms with Crippen LogP contribution in [0.3, 0.4) is 0 Å². The first-order chi connectivity index (χ1) is 12.9. The van der Waals surface area contributed by atoms with Crippen LogP contribution in [-0.2, 0) is 6.18 Å². The fourth-order valence-electron chi connectivity index (χ4n) is 2.69. The highest BCUT2D eigenvalue weighted by molar-refractivity contribution is 6.06. The van der Waals surface area contributed by atoms with Gasteiger partial charge in [-0.05, 0) is 18.2 Å². The van der Waals surface area contributed by atoms with Crippen molar-refractivity contribution >= 4 is 11.6 Å². The van der Waals surface area contributed by atoms with E-state index in [1.165, 1.54) is 12.1 Å². The zero-order valence-corrected chi connectivity index (χ0v) is 13.7. The van der Waals surface area contributed by atoms with Crippen molar-refractivity contribution in [1.29, 1.82) is 0 Å². The van der Waals surface area contributed by atoms with E-state index in [1.807, 2.05) is 0 Å². The zero-order chi connectivity index (χ0) is 19.0. The number of ether oxygens (including phenoxy) is 2. The standard InChI is InChI=1S/C19H12F3NO4/c20-19(21,22)17-13(9-15(27-17)11-4-2-1-3-5-11)18(24)23-12-6-7-14-16(8-12)26-10-25-14/h1-9H,10H2,(H,23,24). The Bertz CT molecular complexity index is 996. The molecule has 1 amide bonds. The number of carbonyl (C=O) groups is 1. The number of hydrogen-bond acceptors (Lipinski definition) is 4. The van der Waals surface area contributed by atoms with Crippen molar-refractivity contribution in [2.75, 3.05) is 12.1 Å². The molecule has 1 N–H and O–H groups in total. The zero-order valence-electron chi connectivity index (χ0n) is 13.7. The van der Waals surface area contributed by atoms with E-state index in [0.717, 1.165) is 6.07 Å². The van der Waals surface area contributed by atoms with E-state index in [0.29, 0.717) is 17.1 Å². The number of alkyl halides is 3. The van der Waals surface area contributed by atoms with Gasteiger partial charge < -0.3 is 19.2 Å². The van der Waals surface area contributed by atoms with Crippen LogP contribution in [0, 0.1) is 0 Å². The minimum absolute atomic E-state index is 0.0428. The number of benzene rings is 2. The summed E-state index contributed by atoms with van der Waals surface area (Å²) < 4.78 is 55.4. The summed E-state index contributed by atoms with van der Waals surface area (Å²) >= 11 is 0. The molecule has 1 aliphatic rings. The second-order valence-corrected chi connectivity index (χ2v) is 5.74. The largest absolute Gasteiger partial charge is 0.454 e. The quantitative estimate of drug-likeness (QED) is 0.704. The van der Waals surface area contributed by atoms with Crippen molar-refractivity contribution in [1.82, 2.24) is 0 Å². The molecule has 2 heterocycles. The van der Waals surface area contributed by atoms with Crippen LogP contribution in [0.2, 0.25) is 0 Å². The summed E-state index contributed by atoms with van der Waals surface area (Å²) in [6, 6.07) is 13.9. The van der Waals surface area contributed by atoms with Crippen molar-refractivity contribution in [3.63, 3.8) is 0 Å². The Morgan fingerprint density at radius 3 is 2.44 bits per heavy atom. The molecule has 0 unspecified atom stereocenters. The molecule has 8 heteroatoms. The van der Waals surface area contributed by atoms with Gasteiger partial charge in [-0.25, -0.2) is 0 Å². The van der Waals surface area contributed by atoms with Crippen LogP contribution >= 0.6 is 0 Å². The predicted molar refractivity (Wildman–Crippen MR) is 89.7 cm³/mol. The van der Waals surface area contributed by atoms with Gasteiger partial charge >= 0.3 is 6.18 Å². The highest BCUT2D eigenvalue weighted by Crippen LogP contribution is 2.38. The van der Waals surface area contributed by atoms with E-state index in [1.54, 1.807) is 36.4 Å². The summed E-state index contributed by atoms with van der Waals surface area (Å²) in [5, 5.41) is 2.43. The maximum absolute atomic E-state index is 13.3. The van der Waals surface area contributed by atoms with E-state index in [4.69, 9.17) is 13.9 Å². The smallest absolute Gasteiger partial charge is 0.450 e. The van der Waals surface area contributed by atoms with Crippen molar-refractivity contribution in [3.8, 4) is 22.8 Å². The van der Waals surface area contributed by atoms with Crippen molar-refractivity contribution in [2.45, 2.75) is 6.18 Å². The van der Waals surface area contributed by atoms with Crippen LogP contribution in [-0.4, -0.2) is 12.7 Å². The monoisotopic (exact) mass is 375 g/mol. The molecule has 2 aromatic carbocycles. The fourth-order valence-corrected chi connectivity index (χ4v) is 2.69. The Labute approximate surface area is 151 Å². The van der Waals surface area contributed by atoms with Crippen molar-refractivity contribution in [2.24, 2.45) is 0 Å². The van der Waals surface area contributed by atoms with E-state index in [-0.39, 0.29) is 18.2 Å². The average molecular weight is 375 g/mol. The van der Waals surface area contributed by atoms with Gasteiger partial charge in [0.2, 0.25) is 12.6 Å². The molecule has 0 saturated heterocycles. The van der Waals surface area contributed by atoms with E-state index < -0.39 is 23.4 Å². The summed E-state index contributed by atoms with van der Waals surface area (Å²) in [7, 11) is 0. The molecule has 1 aliphatic heterocycles. The molecular formula is C19H12F3NO4. The minimum atomic E-state index is -4.81. The number of hydrogen-bond donors (Lipinski definition) is 1. The van der Waals surface area contributed by atoms with Crippen LogP contribution in [0.25, 0.3) is 11.3 Å². The lowest BCUT2D eigenvalue weighted by Gasteiger charge is -2.08. The minimum Gasteiger partial charge on any atom is -0.454 e. The highest BCUT2D eigenvalue weighted by Gasteiger charge is 2.40. The Balaban J connectivity index is 1.67. The Kier molecular flexibility index (Phi) is 4.02. The molecule has 138 valence electrons. The summed E-state index contributed by atoms with van der Waals surface area (Å²) in [5.74, 6) is -1.43. The van der Waals surface area contributed by atoms with E-state index >= 15 is 0 Å². The van der Waals surface area contributed by atoms with Gasteiger partial charge in [-0.15, -0.1) is 0 Å². The van der Waals surface area contributed by atoms with Gasteiger partial charge in [-0.2, -0.15) is 13.2 Å².